The molecule has 0 N–H and O–H groups in total. The molecule has 1 atom stereocenters. The molecular weight excluding hydrogens is 334 g/mol. The number of hydrogen-bond acceptors (Lipinski definition) is 7. The Bertz CT molecular complexity index is 777. The number of fused-ring (bicyclic) bond motifs is 1. The minimum atomic E-state index is -0.475. The molecule has 24 heavy (non-hydrogen) atoms. The highest BCUT2D eigenvalue weighted by molar-refractivity contribution is 8.00. The van der Waals surface area contributed by atoms with Gasteiger partial charge >= 0.3 is 5.97 Å². The molecule has 0 amide bonds. The summed E-state index contributed by atoms with van der Waals surface area (Å²) in [5.41, 5.74) is 0.00920. The summed E-state index contributed by atoms with van der Waals surface area (Å²) in [6.07, 6.45) is 0. The molecule has 1 aliphatic heterocycles. The van der Waals surface area contributed by atoms with Crippen LogP contribution in [0.5, 0.6) is 17.2 Å². The van der Waals surface area contributed by atoms with Crippen molar-refractivity contribution in [1.82, 2.24) is 0 Å². The number of carbonyl (C=O) groups excluding carboxylic acids is 1. The summed E-state index contributed by atoms with van der Waals surface area (Å²) in [6.45, 7) is 1.86. The van der Waals surface area contributed by atoms with Crippen molar-refractivity contribution < 1.29 is 23.9 Å². The fraction of sp³-hybridized carbons (Fsp3) is 0.188. The van der Waals surface area contributed by atoms with E-state index in [9.17, 15) is 14.9 Å². The first-order chi connectivity index (χ1) is 11.5. The monoisotopic (exact) mass is 347 g/mol. The maximum Gasteiger partial charge on any atom is 0.324 e. The third-order valence-electron chi connectivity index (χ3n) is 3.25. The number of non-ortho nitro benzene ring substituents is 1. The number of ether oxygens (including phenoxy) is 3. The first kappa shape index (κ1) is 16.1. The Morgan fingerprint density at radius 3 is 2.62 bits per heavy atom. The van der Waals surface area contributed by atoms with Gasteiger partial charge in [-0.2, -0.15) is 0 Å². The van der Waals surface area contributed by atoms with E-state index >= 15 is 0 Å². The van der Waals surface area contributed by atoms with Crippen LogP contribution in [0.2, 0.25) is 0 Å². The van der Waals surface area contributed by atoms with E-state index in [1.54, 1.807) is 37.3 Å². The van der Waals surface area contributed by atoms with E-state index in [0.717, 1.165) is 4.90 Å². The van der Waals surface area contributed by atoms with E-state index in [1.165, 1.54) is 23.9 Å². The molecule has 0 fully saturated rings. The molecule has 0 saturated heterocycles. The first-order valence-electron chi connectivity index (χ1n) is 7.05. The molecule has 1 aliphatic rings. The smallest absolute Gasteiger partial charge is 0.324 e. The second-order valence-corrected chi connectivity index (χ2v) is 6.36. The van der Waals surface area contributed by atoms with Crippen LogP contribution in [0.15, 0.2) is 47.4 Å². The quantitative estimate of drug-likeness (QED) is 0.269. The summed E-state index contributed by atoms with van der Waals surface area (Å²) in [6, 6.07) is 10.9. The molecule has 0 radical (unpaired) electrons. The third-order valence-corrected chi connectivity index (χ3v) is 4.35. The molecule has 0 aliphatic carbocycles. The summed E-state index contributed by atoms with van der Waals surface area (Å²) in [4.78, 5) is 23.1. The molecule has 2 aromatic carbocycles. The number of nitro groups is 1. The summed E-state index contributed by atoms with van der Waals surface area (Å²) in [5, 5.41) is 10.2. The van der Waals surface area contributed by atoms with Crippen LogP contribution in [-0.2, 0) is 4.79 Å². The Morgan fingerprint density at radius 2 is 1.92 bits per heavy atom. The number of carbonyl (C=O) groups is 1. The molecule has 2 aromatic rings. The van der Waals surface area contributed by atoms with E-state index in [4.69, 9.17) is 14.2 Å². The minimum Gasteiger partial charge on any atom is -0.454 e. The number of nitro benzene ring substituents is 1. The fourth-order valence-corrected chi connectivity index (χ4v) is 2.88. The van der Waals surface area contributed by atoms with Crippen molar-refractivity contribution in [1.29, 1.82) is 0 Å². The molecule has 3 rings (SSSR count). The number of thioether (sulfide) groups is 1. The molecule has 0 aromatic heterocycles. The Balaban J connectivity index is 1.61. The van der Waals surface area contributed by atoms with Crippen molar-refractivity contribution in [2.24, 2.45) is 0 Å². The molecular formula is C16H13NO6S. The van der Waals surface area contributed by atoms with E-state index in [2.05, 4.69) is 0 Å². The highest BCUT2D eigenvalue weighted by Gasteiger charge is 2.20. The van der Waals surface area contributed by atoms with Crippen molar-refractivity contribution in [3.05, 3.63) is 52.6 Å². The molecule has 0 spiro atoms. The predicted octanol–water partition coefficient (Wildman–Crippen LogP) is 3.41. The standard InChI is InChI=1S/C16H13NO6S/c1-10(24-13-5-2-11(3-6-13)17(19)20)16(18)23-12-4-7-14-15(8-12)22-9-21-14/h2-8,10H,9H2,1H3/t10-/m0/s1. The largest absolute Gasteiger partial charge is 0.454 e. The van der Waals surface area contributed by atoms with Gasteiger partial charge in [-0.05, 0) is 31.2 Å². The summed E-state index contributed by atoms with van der Waals surface area (Å²) in [7, 11) is 0. The lowest BCUT2D eigenvalue weighted by Crippen LogP contribution is -2.19. The lowest BCUT2D eigenvalue weighted by Gasteiger charge is -2.11. The molecule has 1 heterocycles. The van der Waals surface area contributed by atoms with Crippen LogP contribution in [-0.4, -0.2) is 22.9 Å². The normalized spacial score (nSPS) is 13.4. The zero-order valence-electron chi connectivity index (χ0n) is 12.6. The van der Waals surface area contributed by atoms with Crippen molar-refractivity contribution in [2.75, 3.05) is 6.79 Å². The lowest BCUT2D eigenvalue weighted by atomic mass is 10.3. The average molecular weight is 347 g/mol. The number of rotatable bonds is 5. The molecule has 0 unspecified atom stereocenters. The van der Waals surface area contributed by atoms with Crippen LogP contribution in [0.1, 0.15) is 6.92 Å². The van der Waals surface area contributed by atoms with Crippen LogP contribution in [0, 0.1) is 10.1 Å². The average Bonchev–Trinajstić information content (AvgIpc) is 3.03. The van der Waals surface area contributed by atoms with Crippen molar-refractivity contribution in [2.45, 2.75) is 17.1 Å². The van der Waals surface area contributed by atoms with Crippen LogP contribution in [0.3, 0.4) is 0 Å². The predicted molar refractivity (Wildman–Crippen MR) is 86.6 cm³/mol. The summed E-state index contributed by atoms with van der Waals surface area (Å²) >= 11 is 1.26. The topological polar surface area (TPSA) is 87.9 Å². The molecule has 7 nitrogen and oxygen atoms in total. The summed E-state index contributed by atoms with van der Waals surface area (Å²) < 4.78 is 15.8. The summed E-state index contributed by atoms with van der Waals surface area (Å²) in [5.74, 6) is 1.11. The number of nitrogens with zero attached hydrogens (tertiary/aromatic N) is 1. The lowest BCUT2D eigenvalue weighted by molar-refractivity contribution is -0.384. The highest BCUT2D eigenvalue weighted by atomic mass is 32.2. The van der Waals surface area contributed by atoms with E-state index in [1.807, 2.05) is 0 Å². The second kappa shape index (κ2) is 6.79. The third kappa shape index (κ3) is 3.60. The van der Waals surface area contributed by atoms with E-state index < -0.39 is 16.1 Å². The SMILES string of the molecule is C[C@H](Sc1ccc([N+](=O)[O-])cc1)C(=O)Oc1ccc2c(c1)OCO2. The van der Waals surface area contributed by atoms with Gasteiger partial charge in [0.15, 0.2) is 11.5 Å². The van der Waals surface area contributed by atoms with Gasteiger partial charge in [0, 0.05) is 23.1 Å². The fourth-order valence-electron chi connectivity index (χ4n) is 2.04. The van der Waals surface area contributed by atoms with Crippen LogP contribution < -0.4 is 14.2 Å². The van der Waals surface area contributed by atoms with Gasteiger partial charge in [0.05, 0.1) is 4.92 Å². The van der Waals surface area contributed by atoms with Gasteiger partial charge in [-0.15, -0.1) is 11.8 Å². The van der Waals surface area contributed by atoms with Crippen molar-refractivity contribution >= 4 is 23.4 Å². The van der Waals surface area contributed by atoms with Gasteiger partial charge in [0.2, 0.25) is 6.79 Å². The molecule has 8 heteroatoms. The van der Waals surface area contributed by atoms with Crippen molar-refractivity contribution in [3.8, 4) is 17.2 Å². The zero-order valence-corrected chi connectivity index (χ0v) is 13.4. The zero-order chi connectivity index (χ0) is 17.1. The van der Waals surface area contributed by atoms with Gasteiger partial charge in [-0.3, -0.25) is 14.9 Å². The Labute approximate surface area is 141 Å². The number of hydrogen-bond donors (Lipinski definition) is 0. The van der Waals surface area contributed by atoms with Gasteiger partial charge in [0.25, 0.3) is 5.69 Å². The Kier molecular flexibility index (Phi) is 4.57. The Morgan fingerprint density at radius 1 is 1.21 bits per heavy atom. The number of esters is 1. The highest BCUT2D eigenvalue weighted by Crippen LogP contribution is 2.35. The molecule has 0 bridgehead atoms. The van der Waals surface area contributed by atoms with Crippen LogP contribution >= 0.6 is 11.8 Å². The second-order valence-electron chi connectivity index (χ2n) is 4.95. The van der Waals surface area contributed by atoms with E-state index in [-0.39, 0.29) is 12.5 Å². The van der Waals surface area contributed by atoms with Crippen LogP contribution in [0.4, 0.5) is 5.69 Å². The minimum absolute atomic E-state index is 0.00920. The maximum absolute atomic E-state index is 12.2. The van der Waals surface area contributed by atoms with Crippen LogP contribution in [0.25, 0.3) is 0 Å². The van der Waals surface area contributed by atoms with Gasteiger partial charge in [-0.25, -0.2) is 0 Å². The number of benzene rings is 2. The molecule has 0 saturated carbocycles. The molecule has 124 valence electrons. The van der Waals surface area contributed by atoms with Crippen molar-refractivity contribution in [3.63, 3.8) is 0 Å². The van der Waals surface area contributed by atoms with E-state index in [0.29, 0.717) is 17.2 Å². The van der Waals surface area contributed by atoms with Gasteiger partial charge in [-0.1, -0.05) is 0 Å². The first-order valence-corrected chi connectivity index (χ1v) is 7.93. The van der Waals surface area contributed by atoms with Gasteiger partial charge < -0.3 is 14.2 Å². The van der Waals surface area contributed by atoms with Gasteiger partial charge in [0.1, 0.15) is 11.0 Å². The Hall–Kier alpha value is -2.74. The maximum atomic E-state index is 12.2.